The number of unbranched alkanes of at least 4 members (excludes halogenated alkanes) is 1. The lowest BCUT2D eigenvalue weighted by Crippen LogP contribution is -2.57. The maximum Gasteiger partial charge on any atom is 0.408 e. The van der Waals surface area contributed by atoms with Crippen LogP contribution in [0.4, 0.5) is 4.79 Å². The van der Waals surface area contributed by atoms with Crippen LogP contribution in [0, 0.1) is 18.3 Å². The minimum Gasteiger partial charge on any atom is -0.444 e. The Morgan fingerprint density at radius 2 is 1.81 bits per heavy atom. The molecule has 2 rings (SSSR count). The number of amides is 3. The van der Waals surface area contributed by atoms with Gasteiger partial charge in [-0.3, -0.25) is 9.59 Å². The Labute approximate surface area is 216 Å². The standard InChI is InChI=1S/C29H43N3O4/c1-8-10-18-30-26(33)25(22-16-14-21(9-2)15-17-22)32(23-12-11-13-23)27(34)24(19-20(3)4)31-28(35)36-29(5,6)7/h2,14-17,20,23-25H,8,10-13,18-19H2,1,3-7H3,(H,30,33)(H,31,35). The maximum absolute atomic E-state index is 14.1. The minimum atomic E-state index is -0.818. The fraction of sp³-hybridized carbons (Fsp3) is 0.621. The number of nitrogens with one attached hydrogen (secondary N) is 2. The second-order valence-corrected chi connectivity index (χ2v) is 11.0. The Balaban J connectivity index is 2.46. The number of benzene rings is 1. The van der Waals surface area contributed by atoms with E-state index in [9.17, 15) is 14.4 Å². The Morgan fingerprint density at radius 1 is 1.17 bits per heavy atom. The second kappa shape index (κ2) is 13.3. The highest BCUT2D eigenvalue weighted by atomic mass is 16.6. The molecule has 0 aliphatic heterocycles. The van der Waals surface area contributed by atoms with Crippen LogP contribution >= 0.6 is 0 Å². The first-order valence-corrected chi connectivity index (χ1v) is 13.1. The van der Waals surface area contributed by atoms with Gasteiger partial charge >= 0.3 is 6.09 Å². The van der Waals surface area contributed by atoms with Crippen molar-refractivity contribution in [1.82, 2.24) is 15.5 Å². The molecule has 7 nitrogen and oxygen atoms in total. The predicted molar refractivity (Wildman–Crippen MR) is 142 cm³/mol. The number of hydrogen-bond donors (Lipinski definition) is 2. The van der Waals surface area contributed by atoms with Gasteiger partial charge in [0.1, 0.15) is 17.7 Å². The van der Waals surface area contributed by atoms with E-state index < -0.39 is 23.8 Å². The van der Waals surface area contributed by atoms with Gasteiger partial charge in [-0.05, 0) is 76.5 Å². The Hall–Kier alpha value is -3.01. The van der Waals surface area contributed by atoms with Gasteiger partial charge < -0.3 is 20.3 Å². The monoisotopic (exact) mass is 497 g/mol. The number of nitrogens with zero attached hydrogens (tertiary/aromatic N) is 1. The number of carbonyl (C=O) groups excluding carboxylic acids is 3. The molecule has 2 atom stereocenters. The summed E-state index contributed by atoms with van der Waals surface area (Å²) in [5.74, 6) is 2.25. The van der Waals surface area contributed by atoms with Gasteiger partial charge in [-0.15, -0.1) is 6.42 Å². The molecule has 198 valence electrons. The predicted octanol–water partition coefficient (Wildman–Crippen LogP) is 4.95. The van der Waals surface area contributed by atoms with E-state index in [1.54, 1.807) is 37.8 Å². The van der Waals surface area contributed by atoms with Crippen molar-refractivity contribution >= 4 is 17.9 Å². The summed E-state index contributed by atoms with van der Waals surface area (Å²) in [7, 11) is 0. The lowest BCUT2D eigenvalue weighted by atomic mass is 9.87. The highest BCUT2D eigenvalue weighted by Gasteiger charge is 2.42. The van der Waals surface area contributed by atoms with Crippen molar-refractivity contribution in [3.05, 3.63) is 35.4 Å². The number of rotatable bonds is 11. The molecular weight excluding hydrogens is 454 g/mol. The number of alkyl carbamates (subject to hydrolysis) is 1. The van der Waals surface area contributed by atoms with Crippen molar-refractivity contribution in [2.24, 2.45) is 5.92 Å². The summed E-state index contributed by atoms with van der Waals surface area (Å²) in [5.41, 5.74) is 0.711. The summed E-state index contributed by atoms with van der Waals surface area (Å²) in [6.07, 6.45) is 9.74. The minimum absolute atomic E-state index is 0.0816. The van der Waals surface area contributed by atoms with Gasteiger partial charge in [0.15, 0.2) is 0 Å². The Bertz CT molecular complexity index is 923. The Kier molecular flexibility index (Phi) is 10.8. The Morgan fingerprint density at radius 3 is 2.28 bits per heavy atom. The summed E-state index contributed by atoms with van der Waals surface area (Å²) < 4.78 is 5.45. The molecule has 0 radical (unpaired) electrons. The van der Waals surface area contributed by atoms with E-state index in [-0.39, 0.29) is 23.8 Å². The summed E-state index contributed by atoms with van der Waals surface area (Å²) >= 11 is 0. The van der Waals surface area contributed by atoms with E-state index in [1.165, 1.54) is 0 Å². The molecule has 0 spiro atoms. The molecule has 36 heavy (non-hydrogen) atoms. The molecule has 0 heterocycles. The van der Waals surface area contributed by atoms with E-state index in [0.29, 0.717) is 24.1 Å². The van der Waals surface area contributed by atoms with Crippen molar-refractivity contribution in [3.63, 3.8) is 0 Å². The van der Waals surface area contributed by atoms with Crippen LogP contribution in [0.15, 0.2) is 24.3 Å². The van der Waals surface area contributed by atoms with Crippen LogP contribution in [0.3, 0.4) is 0 Å². The largest absolute Gasteiger partial charge is 0.444 e. The summed E-state index contributed by atoms with van der Waals surface area (Å²) in [6, 6.07) is 5.50. The summed E-state index contributed by atoms with van der Waals surface area (Å²) in [5, 5.41) is 5.81. The maximum atomic E-state index is 14.1. The fourth-order valence-corrected chi connectivity index (χ4v) is 4.19. The van der Waals surface area contributed by atoms with Crippen LogP contribution in [-0.2, 0) is 14.3 Å². The van der Waals surface area contributed by atoms with Gasteiger partial charge in [0, 0.05) is 18.2 Å². The topological polar surface area (TPSA) is 87.7 Å². The molecule has 0 bridgehead atoms. The lowest BCUT2D eigenvalue weighted by molar-refractivity contribution is -0.147. The van der Waals surface area contributed by atoms with Crippen molar-refractivity contribution in [1.29, 1.82) is 0 Å². The van der Waals surface area contributed by atoms with E-state index >= 15 is 0 Å². The molecule has 2 N–H and O–H groups in total. The zero-order valence-electron chi connectivity index (χ0n) is 22.7. The number of terminal acetylenes is 1. The van der Waals surface area contributed by atoms with Crippen LogP contribution in [-0.4, -0.2) is 47.0 Å². The first-order chi connectivity index (χ1) is 17.0. The third-order valence-electron chi connectivity index (χ3n) is 6.17. The average molecular weight is 498 g/mol. The highest BCUT2D eigenvalue weighted by Crippen LogP contribution is 2.34. The molecule has 2 unspecified atom stereocenters. The van der Waals surface area contributed by atoms with E-state index in [1.807, 2.05) is 26.0 Å². The van der Waals surface area contributed by atoms with Gasteiger partial charge in [0.05, 0.1) is 0 Å². The van der Waals surface area contributed by atoms with Crippen molar-refractivity contribution < 1.29 is 19.1 Å². The van der Waals surface area contributed by atoms with Gasteiger partial charge in [-0.2, -0.15) is 0 Å². The molecule has 0 aromatic heterocycles. The van der Waals surface area contributed by atoms with Crippen LogP contribution in [0.2, 0.25) is 0 Å². The normalized spacial score (nSPS) is 15.3. The van der Waals surface area contributed by atoms with Crippen molar-refractivity contribution in [3.8, 4) is 12.3 Å². The molecule has 1 fully saturated rings. The molecule has 1 aliphatic carbocycles. The number of ether oxygens (including phenoxy) is 1. The second-order valence-electron chi connectivity index (χ2n) is 11.0. The smallest absolute Gasteiger partial charge is 0.408 e. The van der Waals surface area contributed by atoms with Gasteiger partial charge in [0.2, 0.25) is 11.8 Å². The molecule has 1 aromatic carbocycles. The molecule has 0 saturated heterocycles. The average Bonchev–Trinajstić information content (AvgIpc) is 2.75. The lowest BCUT2D eigenvalue weighted by Gasteiger charge is -2.43. The van der Waals surface area contributed by atoms with Gasteiger partial charge in [-0.25, -0.2) is 4.79 Å². The first-order valence-electron chi connectivity index (χ1n) is 13.1. The molecule has 1 aliphatic rings. The van der Waals surface area contributed by atoms with Crippen LogP contribution in [0.5, 0.6) is 0 Å². The SMILES string of the molecule is C#Cc1ccc(C(C(=O)NCCCC)N(C(=O)C(CC(C)C)NC(=O)OC(C)(C)C)C2CCC2)cc1. The number of hydrogen-bond acceptors (Lipinski definition) is 4. The molecule has 7 heteroatoms. The van der Waals surface area contributed by atoms with E-state index in [0.717, 1.165) is 32.1 Å². The molecule has 1 aromatic rings. The summed E-state index contributed by atoms with van der Waals surface area (Å²) in [6.45, 7) is 11.9. The fourth-order valence-electron chi connectivity index (χ4n) is 4.19. The number of carbonyl (C=O) groups is 3. The molecular formula is C29H43N3O4. The van der Waals surface area contributed by atoms with E-state index in [2.05, 4.69) is 23.5 Å². The van der Waals surface area contributed by atoms with Crippen LogP contribution < -0.4 is 10.6 Å². The zero-order valence-corrected chi connectivity index (χ0v) is 22.7. The van der Waals surface area contributed by atoms with E-state index in [4.69, 9.17) is 11.2 Å². The molecule has 3 amide bonds. The van der Waals surface area contributed by atoms with Crippen molar-refractivity contribution in [2.75, 3.05) is 6.54 Å². The quantitative estimate of drug-likeness (QED) is 0.335. The van der Waals surface area contributed by atoms with Gasteiger partial charge in [0.25, 0.3) is 0 Å². The highest BCUT2D eigenvalue weighted by molar-refractivity contribution is 5.92. The third-order valence-corrected chi connectivity index (χ3v) is 6.17. The third kappa shape index (κ3) is 8.58. The van der Waals surface area contributed by atoms with Gasteiger partial charge in [-0.1, -0.05) is 45.2 Å². The van der Waals surface area contributed by atoms with Crippen LogP contribution in [0.25, 0.3) is 0 Å². The molecule has 1 saturated carbocycles. The van der Waals surface area contributed by atoms with Crippen molar-refractivity contribution in [2.45, 2.75) is 104 Å². The summed E-state index contributed by atoms with van der Waals surface area (Å²) in [4.78, 5) is 42.0. The van der Waals surface area contributed by atoms with Crippen LogP contribution in [0.1, 0.15) is 97.2 Å². The zero-order chi connectivity index (χ0) is 26.9. The first kappa shape index (κ1) is 29.2.